The van der Waals surface area contributed by atoms with Crippen molar-refractivity contribution in [1.82, 2.24) is 4.98 Å². The minimum atomic E-state index is 0.126. The zero-order valence-electron chi connectivity index (χ0n) is 8.23. The fourth-order valence-electron chi connectivity index (χ4n) is 1.000. The second kappa shape index (κ2) is 5.12. The van der Waals surface area contributed by atoms with Crippen LogP contribution in [0.15, 0.2) is 17.3 Å². The number of hydrogen-bond acceptors (Lipinski definition) is 4. The van der Waals surface area contributed by atoms with Gasteiger partial charge in [0.1, 0.15) is 0 Å². The Kier molecular flexibility index (Phi) is 4.10. The van der Waals surface area contributed by atoms with E-state index in [2.05, 4.69) is 4.98 Å². The van der Waals surface area contributed by atoms with Crippen LogP contribution in [0.25, 0.3) is 0 Å². The van der Waals surface area contributed by atoms with E-state index in [0.717, 1.165) is 16.9 Å². The van der Waals surface area contributed by atoms with Gasteiger partial charge >= 0.3 is 0 Å². The number of aliphatic hydroxyl groups excluding tert-OH is 1. The maximum atomic E-state index is 10.5. The smallest absolute Gasteiger partial charge is 0.151 e. The Morgan fingerprint density at radius 2 is 2.43 bits per heavy atom. The second-order valence-corrected chi connectivity index (χ2v) is 4.55. The van der Waals surface area contributed by atoms with Crippen molar-refractivity contribution in [1.29, 1.82) is 0 Å². The maximum absolute atomic E-state index is 10.5. The summed E-state index contributed by atoms with van der Waals surface area (Å²) < 4.78 is 0. The highest BCUT2D eigenvalue weighted by molar-refractivity contribution is 7.99. The van der Waals surface area contributed by atoms with Crippen molar-refractivity contribution in [3.63, 3.8) is 0 Å². The predicted molar refractivity (Wildman–Crippen MR) is 56.8 cm³/mol. The summed E-state index contributed by atoms with van der Waals surface area (Å²) in [4.78, 5) is 14.6. The zero-order chi connectivity index (χ0) is 10.6. The fourth-order valence-corrected chi connectivity index (χ4v) is 1.81. The van der Waals surface area contributed by atoms with Crippen molar-refractivity contribution in [2.75, 3.05) is 6.61 Å². The van der Waals surface area contributed by atoms with Gasteiger partial charge in [0.25, 0.3) is 0 Å². The van der Waals surface area contributed by atoms with Gasteiger partial charge in [-0.25, -0.2) is 4.98 Å². The number of carbonyl (C=O) groups excluding carboxylic acids is 1. The number of aliphatic hydroxyl groups is 1. The lowest BCUT2D eigenvalue weighted by Crippen LogP contribution is -2.03. The molecule has 1 unspecified atom stereocenters. The summed E-state index contributed by atoms with van der Waals surface area (Å²) in [5.74, 6) is 0. The van der Waals surface area contributed by atoms with Crippen LogP contribution in [0.1, 0.15) is 22.8 Å². The largest absolute Gasteiger partial charge is 0.395 e. The normalized spacial score (nSPS) is 12.5. The first-order valence-electron chi connectivity index (χ1n) is 4.36. The van der Waals surface area contributed by atoms with Crippen LogP contribution in [0.3, 0.4) is 0 Å². The fraction of sp³-hybridized carbons (Fsp3) is 0.400. The summed E-state index contributed by atoms with van der Waals surface area (Å²) in [5.41, 5.74) is 1.56. The molecule has 4 heteroatoms. The van der Waals surface area contributed by atoms with Crippen LogP contribution in [0, 0.1) is 6.92 Å². The third-order valence-electron chi connectivity index (χ3n) is 1.76. The average molecular weight is 211 g/mol. The highest BCUT2D eigenvalue weighted by Crippen LogP contribution is 2.24. The van der Waals surface area contributed by atoms with Gasteiger partial charge in [0, 0.05) is 17.0 Å². The maximum Gasteiger partial charge on any atom is 0.151 e. The molecule has 3 nitrogen and oxygen atoms in total. The van der Waals surface area contributed by atoms with Gasteiger partial charge in [-0.2, -0.15) is 0 Å². The number of carbonyl (C=O) groups is 1. The monoisotopic (exact) mass is 211 g/mol. The van der Waals surface area contributed by atoms with E-state index in [0.29, 0.717) is 5.56 Å². The number of thioether (sulfide) groups is 1. The van der Waals surface area contributed by atoms with Crippen molar-refractivity contribution in [3.05, 3.63) is 23.4 Å². The van der Waals surface area contributed by atoms with Gasteiger partial charge < -0.3 is 5.11 Å². The molecule has 1 rings (SSSR count). The lowest BCUT2D eigenvalue weighted by Gasteiger charge is -2.08. The van der Waals surface area contributed by atoms with Gasteiger partial charge in [0.05, 0.1) is 11.6 Å². The topological polar surface area (TPSA) is 50.2 Å². The van der Waals surface area contributed by atoms with Crippen LogP contribution in [-0.4, -0.2) is 28.2 Å². The standard InChI is InChI=1S/C10H13NO2S/c1-7-3-9(6-13)4-11-10(7)14-8(2)5-12/h3-4,6,8,12H,5H2,1-2H3. The van der Waals surface area contributed by atoms with E-state index in [-0.39, 0.29) is 11.9 Å². The van der Waals surface area contributed by atoms with E-state index in [4.69, 9.17) is 5.11 Å². The molecule has 0 saturated carbocycles. The van der Waals surface area contributed by atoms with E-state index in [9.17, 15) is 4.79 Å². The number of hydrogen-bond donors (Lipinski definition) is 1. The summed E-state index contributed by atoms with van der Waals surface area (Å²) in [5, 5.41) is 9.88. The van der Waals surface area contributed by atoms with E-state index < -0.39 is 0 Å². The van der Waals surface area contributed by atoms with Gasteiger partial charge in [0.15, 0.2) is 6.29 Å². The predicted octanol–water partition coefficient (Wildman–Crippen LogP) is 1.68. The quantitative estimate of drug-likeness (QED) is 0.608. The molecule has 1 aromatic rings. The number of pyridine rings is 1. The summed E-state index contributed by atoms with van der Waals surface area (Å²) in [6.07, 6.45) is 2.33. The first-order valence-corrected chi connectivity index (χ1v) is 5.24. The Bertz CT molecular complexity index is 328. The molecule has 0 aliphatic heterocycles. The summed E-state index contributed by atoms with van der Waals surface area (Å²) in [6, 6.07) is 1.80. The SMILES string of the molecule is Cc1cc(C=O)cnc1SC(C)CO. The van der Waals surface area contributed by atoms with Gasteiger partial charge in [-0.05, 0) is 18.6 Å². The van der Waals surface area contributed by atoms with Crippen LogP contribution < -0.4 is 0 Å². The third kappa shape index (κ3) is 2.82. The molecule has 0 amide bonds. The molecular weight excluding hydrogens is 198 g/mol. The van der Waals surface area contributed by atoms with Crippen LogP contribution in [0.5, 0.6) is 0 Å². The number of aryl methyl sites for hydroxylation is 1. The second-order valence-electron chi connectivity index (χ2n) is 3.12. The summed E-state index contributed by atoms with van der Waals surface area (Å²) >= 11 is 1.51. The number of aldehydes is 1. The lowest BCUT2D eigenvalue weighted by atomic mass is 10.2. The molecule has 1 atom stereocenters. The number of nitrogens with zero attached hydrogens (tertiary/aromatic N) is 1. The molecule has 76 valence electrons. The molecule has 0 bridgehead atoms. The van der Waals surface area contributed by atoms with Crippen molar-refractivity contribution in [3.8, 4) is 0 Å². The summed E-state index contributed by atoms with van der Waals surface area (Å²) in [6.45, 7) is 3.97. The minimum Gasteiger partial charge on any atom is -0.395 e. The molecule has 1 heterocycles. The molecular formula is C10H13NO2S. The molecule has 0 aliphatic carbocycles. The van der Waals surface area contributed by atoms with Crippen LogP contribution in [0.4, 0.5) is 0 Å². The molecule has 0 aliphatic rings. The molecule has 0 radical (unpaired) electrons. The molecule has 0 saturated heterocycles. The van der Waals surface area contributed by atoms with Crippen molar-refractivity contribution in [2.24, 2.45) is 0 Å². The highest BCUT2D eigenvalue weighted by atomic mass is 32.2. The van der Waals surface area contributed by atoms with Crippen LogP contribution >= 0.6 is 11.8 Å². The van der Waals surface area contributed by atoms with Crippen molar-refractivity contribution in [2.45, 2.75) is 24.1 Å². The van der Waals surface area contributed by atoms with E-state index in [1.165, 1.54) is 11.8 Å². The molecule has 0 spiro atoms. The van der Waals surface area contributed by atoms with E-state index in [1.54, 1.807) is 12.3 Å². The van der Waals surface area contributed by atoms with Gasteiger partial charge in [-0.1, -0.05) is 6.92 Å². The van der Waals surface area contributed by atoms with Gasteiger partial charge in [-0.15, -0.1) is 11.8 Å². The lowest BCUT2D eigenvalue weighted by molar-refractivity contribution is 0.112. The Morgan fingerprint density at radius 3 is 2.93 bits per heavy atom. The third-order valence-corrected chi connectivity index (χ3v) is 2.96. The molecule has 1 aromatic heterocycles. The van der Waals surface area contributed by atoms with Crippen molar-refractivity contribution < 1.29 is 9.90 Å². The Labute approximate surface area is 87.6 Å². The van der Waals surface area contributed by atoms with Crippen molar-refractivity contribution >= 4 is 18.0 Å². The molecule has 14 heavy (non-hydrogen) atoms. The number of rotatable bonds is 4. The van der Waals surface area contributed by atoms with E-state index in [1.807, 2.05) is 13.8 Å². The first kappa shape index (κ1) is 11.2. The Morgan fingerprint density at radius 1 is 1.71 bits per heavy atom. The van der Waals surface area contributed by atoms with Crippen LogP contribution in [0.2, 0.25) is 0 Å². The van der Waals surface area contributed by atoms with Gasteiger partial charge in [-0.3, -0.25) is 4.79 Å². The zero-order valence-corrected chi connectivity index (χ0v) is 9.04. The molecule has 1 N–H and O–H groups in total. The number of aromatic nitrogens is 1. The molecule has 0 fully saturated rings. The average Bonchev–Trinajstić information content (AvgIpc) is 2.20. The van der Waals surface area contributed by atoms with E-state index >= 15 is 0 Å². The summed E-state index contributed by atoms with van der Waals surface area (Å²) in [7, 11) is 0. The highest BCUT2D eigenvalue weighted by Gasteiger charge is 2.07. The Hall–Kier alpha value is -0.870. The Balaban J connectivity index is 2.83. The first-order chi connectivity index (χ1) is 6.67. The van der Waals surface area contributed by atoms with Crippen LogP contribution in [-0.2, 0) is 0 Å². The van der Waals surface area contributed by atoms with Gasteiger partial charge in [0.2, 0.25) is 0 Å². The molecule has 0 aromatic carbocycles. The minimum absolute atomic E-state index is 0.126.